The van der Waals surface area contributed by atoms with Crippen LogP contribution >= 0.6 is 0 Å². The Balaban J connectivity index is 1.36. The highest BCUT2D eigenvalue weighted by Crippen LogP contribution is 2.26. The van der Waals surface area contributed by atoms with E-state index >= 15 is 0 Å². The summed E-state index contributed by atoms with van der Waals surface area (Å²) in [7, 11) is -3.48. The van der Waals surface area contributed by atoms with Gasteiger partial charge in [-0.25, -0.2) is 8.42 Å². The number of hydrogen-bond acceptors (Lipinski definition) is 5. The highest BCUT2D eigenvalue weighted by atomic mass is 32.2. The number of rotatable bonds is 8. The van der Waals surface area contributed by atoms with Gasteiger partial charge in [0.05, 0.1) is 29.9 Å². The first-order valence-electron chi connectivity index (χ1n) is 11.4. The molecule has 1 atom stereocenters. The van der Waals surface area contributed by atoms with Crippen molar-refractivity contribution in [1.29, 1.82) is 0 Å². The van der Waals surface area contributed by atoms with E-state index in [0.717, 1.165) is 43.5 Å². The summed E-state index contributed by atoms with van der Waals surface area (Å²) in [5.41, 5.74) is 4.70. The number of morpholine rings is 1. The van der Waals surface area contributed by atoms with E-state index < -0.39 is 9.84 Å². The summed E-state index contributed by atoms with van der Waals surface area (Å²) in [6.07, 6.45) is 2.99. The minimum absolute atomic E-state index is 0.0385. The molecule has 0 saturated carbocycles. The average Bonchev–Trinajstić information content (AvgIpc) is 3.28. The van der Waals surface area contributed by atoms with Crippen LogP contribution in [0.3, 0.4) is 0 Å². The number of carbonyl (C=O) groups is 1. The molecule has 32 heavy (non-hydrogen) atoms. The van der Waals surface area contributed by atoms with E-state index in [-0.39, 0.29) is 24.1 Å². The van der Waals surface area contributed by atoms with E-state index in [0.29, 0.717) is 24.7 Å². The van der Waals surface area contributed by atoms with Crippen molar-refractivity contribution >= 4 is 15.7 Å². The van der Waals surface area contributed by atoms with Crippen LogP contribution in [-0.4, -0.2) is 57.8 Å². The maximum Gasteiger partial charge on any atom is 0.221 e. The van der Waals surface area contributed by atoms with Crippen molar-refractivity contribution < 1.29 is 17.9 Å². The standard InChI is InChI=1S/C25H32N2O4S/c1-19-5-7-21(8-6-19)24(27-12-14-31-15-13-27)18-26-25(28)11-16-32(29,30)23-10-9-20-3-2-4-22(20)17-23/h5-10,17,24H,2-4,11-16,18H2,1H3,(H,26,28). The summed E-state index contributed by atoms with van der Waals surface area (Å²) < 4.78 is 31.0. The number of aryl methyl sites for hydroxylation is 3. The van der Waals surface area contributed by atoms with Crippen molar-refractivity contribution in [2.45, 2.75) is 43.5 Å². The molecule has 172 valence electrons. The van der Waals surface area contributed by atoms with Gasteiger partial charge in [0.15, 0.2) is 9.84 Å². The predicted octanol–water partition coefficient (Wildman–Crippen LogP) is 2.84. The van der Waals surface area contributed by atoms with Crippen LogP contribution in [0.2, 0.25) is 0 Å². The van der Waals surface area contributed by atoms with Crippen LogP contribution in [0.4, 0.5) is 0 Å². The van der Waals surface area contributed by atoms with Gasteiger partial charge < -0.3 is 10.1 Å². The van der Waals surface area contributed by atoms with Gasteiger partial charge in [0.25, 0.3) is 0 Å². The van der Waals surface area contributed by atoms with E-state index in [4.69, 9.17) is 4.74 Å². The fourth-order valence-electron chi connectivity index (χ4n) is 4.52. The second-order valence-corrected chi connectivity index (χ2v) is 10.8. The van der Waals surface area contributed by atoms with Crippen molar-refractivity contribution in [2.75, 3.05) is 38.6 Å². The molecule has 7 heteroatoms. The predicted molar refractivity (Wildman–Crippen MR) is 124 cm³/mol. The third kappa shape index (κ3) is 5.57. The summed E-state index contributed by atoms with van der Waals surface area (Å²) in [6.45, 7) is 5.46. The fourth-order valence-corrected chi connectivity index (χ4v) is 5.81. The number of nitrogens with one attached hydrogen (secondary N) is 1. The number of fused-ring (bicyclic) bond motifs is 1. The molecule has 2 aromatic rings. The number of carbonyl (C=O) groups excluding carboxylic acids is 1. The number of benzene rings is 2. The lowest BCUT2D eigenvalue weighted by Crippen LogP contribution is -2.44. The molecule has 1 aliphatic carbocycles. The molecule has 1 heterocycles. The summed E-state index contributed by atoms with van der Waals surface area (Å²) in [6, 6.07) is 13.8. The van der Waals surface area contributed by atoms with Crippen molar-refractivity contribution in [2.24, 2.45) is 0 Å². The lowest BCUT2D eigenvalue weighted by molar-refractivity contribution is -0.121. The van der Waals surface area contributed by atoms with Crippen molar-refractivity contribution in [1.82, 2.24) is 10.2 Å². The minimum Gasteiger partial charge on any atom is -0.379 e. The largest absolute Gasteiger partial charge is 0.379 e. The van der Waals surface area contributed by atoms with Crippen LogP contribution in [0.15, 0.2) is 47.4 Å². The molecule has 1 unspecified atom stereocenters. The third-order valence-corrected chi connectivity index (χ3v) is 8.18. The second-order valence-electron chi connectivity index (χ2n) is 8.73. The summed E-state index contributed by atoms with van der Waals surface area (Å²) in [4.78, 5) is 15.2. The first-order valence-corrected chi connectivity index (χ1v) is 13.1. The first kappa shape index (κ1) is 23.0. The van der Waals surface area contributed by atoms with Gasteiger partial charge in [-0.05, 0) is 55.0 Å². The van der Waals surface area contributed by atoms with Crippen LogP contribution in [0.5, 0.6) is 0 Å². The minimum atomic E-state index is -3.48. The molecule has 4 rings (SSSR count). The molecular formula is C25H32N2O4S. The monoisotopic (exact) mass is 456 g/mol. The zero-order valence-corrected chi connectivity index (χ0v) is 19.5. The third-order valence-electron chi connectivity index (χ3n) is 6.47. The Morgan fingerprint density at radius 1 is 1.06 bits per heavy atom. The highest BCUT2D eigenvalue weighted by Gasteiger charge is 2.24. The number of nitrogens with zero attached hydrogens (tertiary/aromatic N) is 1. The van der Waals surface area contributed by atoms with Crippen LogP contribution in [0.1, 0.15) is 41.1 Å². The van der Waals surface area contributed by atoms with Crippen molar-refractivity contribution in [3.63, 3.8) is 0 Å². The number of amides is 1. The molecule has 0 radical (unpaired) electrons. The Morgan fingerprint density at radius 2 is 1.78 bits per heavy atom. The second kappa shape index (κ2) is 10.1. The first-order chi connectivity index (χ1) is 15.4. The van der Waals surface area contributed by atoms with Gasteiger partial charge in [0.1, 0.15) is 0 Å². The van der Waals surface area contributed by atoms with Crippen LogP contribution in [0, 0.1) is 6.92 Å². The highest BCUT2D eigenvalue weighted by molar-refractivity contribution is 7.91. The molecule has 6 nitrogen and oxygen atoms in total. The van der Waals surface area contributed by atoms with Crippen molar-refractivity contribution in [3.05, 3.63) is 64.7 Å². The summed E-state index contributed by atoms with van der Waals surface area (Å²) in [5.74, 6) is -0.412. The average molecular weight is 457 g/mol. The molecule has 2 aliphatic rings. The maximum absolute atomic E-state index is 12.8. The van der Waals surface area contributed by atoms with Gasteiger partial charge in [-0.15, -0.1) is 0 Å². The fraction of sp³-hybridized carbons (Fsp3) is 0.480. The van der Waals surface area contributed by atoms with Gasteiger partial charge in [-0.2, -0.15) is 0 Å². The Morgan fingerprint density at radius 3 is 2.53 bits per heavy atom. The van der Waals surface area contributed by atoms with E-state index in [1.165, 1.54) is 11.1 Å². The smallest absolute Gasteiger partial charge is 0.221 e. The van der Waals surface area contributed by atoms with Gasteiger partial charge >= 0.3 is 0 Å². The lowest BCUT2D eigenvalue weighted by Gasteiger charge is -2.35. The van der Waals surface area contributed by atoms with Crippen LogP contribution in [0.25, 0.3) is 0 Å². The van der Waals surface area contributed by atoms with Crippen LogP contribution < -0.4 is 5.32 Å². The Labute approximate surface area is 190 Å². The summed E-state index contributed by atoms with van der Waals surface area (Å²) in [5, 5.41) is 2.97. The SMILES string of the molecule is Cc1ccc(C(CNC(=O)CCS(=O)(=O)c2ccc3c(c2)CCC3)N2CCOCC2)cc1. The Kier molecular flexibility index (Phi) is 7.28. The van der Waals surface area contributed by atoms with Gasteiger partial charge in [-0.1, -0.05) is 35.9 Å². The quantitative estimate of drug-likeness (QED) is 0.661. The Hall–Kier alpha value is -2.22. The maximum atomic E-state index is 12.8. The molecule has 1 fully saturated rings. The van der Waals surface area contributed by atoms with E-state index in [2.05, 4.69) is 41.4 Å². The van der Waals surface area contributed by atoms with Crippen LogP contribution in [-0.2, 0) is 32.2 Å². The van der Waals surface area contributed by atoms with E-state index in [1.54, 1.807) is 12.1 Å². The molecular weight excluding hydrogens is 424 g/mol. The normalized spacial score (nSPS) is 17.7. The van der Waals surface area contributed by atoms with Gasteiger partial charge in [0, 0.05) is 26.1 Å². The van der Waals surface area contributed by atoms with Gasteiger partial charge in [-0.3, -0.25) is 9.69 Å². The molecule has 0 aromatic heterocycles. The molecule has 0 bridgehead atoms. The number of hydrogen-bond donors (Lipinski definition) is 1. The summed E-state index contributed by atoms with van der Waals surface area (Å²) >= 11 is 0. The Bertz CT molecular complexity index is 1040. The molecule has 2 aromatic carbocycles. The molecule has 1 saturated heterocycles. The molecule has 1 aliphatic heterocycles. The van der Waals surface area contributed by atoms with E-state index in [1.807, 2.05) is 6.07 Å². The number of sulfone groups is 1. The zero-order valence-electron chi connectivity index (χ0n) is 18.7. The molecule has 1 N–H and O–H groups in total. The number of ether oxygens (including phenoxy) is 1. The molecule has 1 amide bonds. The van der Waals surface area contributed by atoms with Gasteiger partial charge in [0.2, 0.25) is 5.91 Å². The topological polar surface area (TPSA) is 75.7 Å². The van der Waals surface area contributed by atoms with Crippen molar-refractivity contribution in [3.8, 4) is 0 Å². The molecule has 0 spiro atoms. The zero-order chi connectivity index (χ0) is 22.6. The lowest BCUT2D eigenvalue weighted by atomic mass is 10.0. The van der Waals surface area contributed by atoms with E-state index in [9.17, 15) is 13.2 Å².